The van der Waals surface area contributed by atoms with Crippen molar-refractivity contribution in [2.45, 2.75) is 0 Å². The van der Waals surface area contributed by atoms with Crippen LogP contribution >= 0.6 is 0 Å². The first-order chi connectivity index (χ1) is 12.4. The number of furan rings is 1. The predicted molar refractivity (Wildman–Crippen MR) is 94.8 cm³/mol. The predicted octanol–water partition coefficient (Wildman–Crippen LogP) is 2.43. The van der Waals surface area contributed by atoms with E-state index < -0.39 is 18.5 Å². The number of nitrogen functional groups attached to an aromatic ring is 1. The van der Waals surface area contributed by atoms with Gasteiger partial charge < -0.3 is 25.3 Å². The summed E-state index contributed by atoms with van der Waals surface area (Å²) in [5.41, 5.74) is 6.50. The minimum Gasteiger partial charge on any atom is -0.482 e. The van der Waals surface area contributed by atoms with Gasteiger partial charge >= 0.3 is 5.97 Å². The fraction of sp³-hybridized carbons (Fsp3) is 0.0556. The van der Waals surface area contributed by atoms with Gasteiger partial charge in [0.05, 0.1) is 6.26 Å². The Morgan fingerprint density at radius 3 is 2.58 bits per heavy atom. The molecule has 1 amide bonds. The summed E-state index contributed by atoms with van der Waals surface area (Å²) in [7, 11) is 0. The fourth-order valence-electron chi connectivity index (χ4n) is 2.36. The zero-order valence-corrected chi connectivity index (χ0v) is 13.5. The molecule has 0 unspecified atom stereocenters. The Hall–Kier alpha value is -3.81. The van der Waals surface area contributed by atoms with Crippen LogP contribution in [0.15, 0.2) is 53.1 Å². The second kappa shape index (κ2) is 6.98. The number of anilines is 1. The first kappa shape index (κ1) is 17.0. The van der Waals surface area contributed by atoms with Gasteiger partial charge in [0.15, 0.2) is 12.4 Å². The number of nitrogens with one attached hydrogen (secondary N) is 2. The average Bonchev–Trinajstić information content (AvgIpc) is 3.04. The van der Waals surface area contributed by atoms with Gasteiger partial charge in [-0.15, -0.1) is 0 Å². The zero-order valence-electron chi connectivity index (χ0n) is 13.5. The van der Waals surface area contributed by atoms with Crippen molar-refractivity contribution >= 4 is 34.2 Å². The Kier molecular flexibility index (Phi) is 4.57. The summed E-state index contributed by atoms with van der Waals surface area (Å²) in [6.07, 6.45) is 1.43. The molecule has 8 nitrogen and oxygen atoms in total. The summed E-state index contributed by atoms with van der Waals surface area (Å²) in [5, 5.41) is 20.0. The Labute approximate surface area is 147 Å². The topological polar surface area (TPSA) is 139 Å². The molecule has 0 radical (unpaired) electrons. The maximum absolute atomic E-state index is 12.4. The van der Waals surface area contributed by atoms with Gasteiger partial charge in [-0.25, -0.2) is 4.79 Å². The van der Waals surface area contributed by atoms with Crippen molar-refractivity contribution in [2.75, 3.05) is 11.9 Å². The van der Waals surface area contributed by atoms with Crippen LogP contribution in [0.2, 0.25) is 0 Å². The lowest BCUT2D eigenvalue weighted by Crippen LogP contribution is -2.12. The highest BCUT2D eigenvalue weighted by atomic mass is 16.5. The molecule has 1 aromatic heterocycles. The molecule has 1 heterocycles. The summed E-state index contributed by atoms with van der Waals surface area (Å²) < 4.78 is 10.4. The van der Waals surface area contributed by atoms with Gasteiger partial charge in [0.25, 0.3) is 5.91 Å². The molecule has 0 bridgehead atoms. The number of benzene rings is 2. The van der Waals surface area contributed by atoms with Crippen molar-refractivity contribution in [1.29, 1.82) is 5.41 Å². The summed E-state index contributed by atoms with van der Waals surface area (Å²) >= 11 is 0. The molecule has 0 saturated carbocycles. The van der Waals surface area contributed by atoms with E-state index in [9.17, 15) is 9.59 Å². The summed E-state index contributed by atoms with van der Waals surface area (Å²) in [6, 6.07) is 11.3. The summed E-state index contributed by atoms with van der Waals surface area (Å²) in [5.74, 6) is -1.05. The quantitative estimate of drug-likeness (QED) is 0.396. The molecular weight excluding hydrogens is 338 g/mol. The third kappa shape index (κ3) is 3.64. The number of ether oxygens (including phenoxy) is 1. The Bertz CT molecular complexity index is 992. The molecule has 3 rings (SSSR count). The largest absolute Gasteiger partial charge is 0.482 e. The van der Waals surface area contributed by atoms with Crippen LogP contribution in [-0.4, -0.2) is 29.4 Å². The van der Waals surface area contributed by atoms with Crippen molar-refractivity contribution in [3.05, 3.63) is 60.1 Å². The van der Waals surface area contributed by atoms with Gasteiger partial charge in [-0.05, 0) is 36.4 Å². The van der Waals surface area contributed by atoms with Crippen molar-refractivity contribution < 1.29 is 23.8 Å². The zero-order chi connectivity index (χ0) is 18.7. The summed E-state index contributed by atoms with van der Waals surface area (Å²) in [6.45, 7) is -0.438. The lowest BCUT2D eigenvalue weighted by atomic mass is 10.1. The highest BCUT2D eigenvalue weighted by molar-refractivity contribution is 6.12. The van der Waals surface area contributed by atoms with Crippen LogP contribution in [0.3, 0.4) is 0 Å². The van der Waals surface area contributed by atoms with Crippen LogP contribution in [0.4, 0.5) is 5.69 Å². The summed E-state index contributed by atoms with van der Waals surface area (Å²) in [4.78, 5) is 22.9. The number of carboxylic acid groups (broad SMARTS) is 1. The molecule has 132 valence electrons. The first-order valence-electron chi connectivity index (χ1n) is 7.55. The number of fused-ring (bicyclic) bond motifs is 1. The minimum atomic E-state index is -1.07. The van der Waals surface area contributed by atoms with E-state index in [0.717, 1.165) is 0 Å². The number of carboxylic acids is 1. The van der Waals surface area contributed by atoms with E-state index in [0.29, 0.717) is 27.8 Å². The van der Waals surface area contributed by atoms with Gasteiger partial charge in [0, 0.05) is 22.0 Å². The number of aliphatic carboxylic acids is 1. The number of carbonyl (C=O) groups is 2. The molecule has 0 spiro atoms. The van der Waals surface area contributed by atoms with Crippen LogP contribution in [0, 0.1) is 5.41 Å². The molecular formula is C18H15N3O5. The molecule has 0 aliphatic heterocycles. The molecule has 0 fully saturated rings. The maximum Gasteiger partial charge on any atom is 0.341 e. The van der Waals surface area contributed by atoms with Gasteiger partial charge in [-0.3, -0.25) is 10.2 Å². The third-order valence-electron chi connectivity index (χ3n) is 3.59. The van der Waals surface area contributed by atoms with Crippen molar-refractivity contribution in [3.8, 4) is 5.75 Å². The Balaban J connectivity index is 1.74. The monoisotopic (exact) mass is 353 g/mol. The molecule has 26 heavy (non-hydrogen) atoms. The number of hydrogen-bond acceptors (Lipinski definition) is 5. The standard InChI is InChI=1S/C18H15N3O5/c19-17(20)10-1-6-14-11(7-10)8-26-16(14)18(24)21-12-2-4-13(5-3-12)25-9-15(22)23/h1-8H,9H2,(H3,19,20)(H,21,24)(H,22,23). The average molecular weight is 353 g/mol. The van der Waals surface area contributed by atoms with Crippen LogP contribution in [0.1, 0.15) is 16.1 Å². The van der Waals surface area contributed by atoms with Crippen LogP contribution in [0.5, 0.6) is 5.75 Å². The third-order valence-corrected chi connectivity index (χ3v) is 3.59. The Morgan fingerprint density at radius 2 is 1.92 bits per heavy atom. The highest BCUT2D eigenvalue weighted by Gasteiger charge is 2.16. The number of rotatable bonds is 6. The number of amidine groups is 1. The molecule has 0 aliphatic carbocycles. The number of carbonyl (C=O) groups excluding carboxylic acids is 1. The second-order valence-corrected chi connectivity index (χ2v) is 5.44. The van der Waals surface area contributed by atoms with Crippen LogP contribution in [0.25, 0.3) is 10.8 Å². The number of amides is 1. The lowest BCUT2D eigenvalue weighted by molar-refractivity contribution is -0.139. The number of nitrogens with two attached hydrogens (primary N) is 1. The molecule has 0 atom stereocenters. The maximum atomic E-state index is 12.4. The van der Waals surface area contributed by atoms with Gasteiger partial charge in [-0.2, -0.15) is 0 Å². The molecule has 0 saturated heterocycles. The van der Waals surface area contributed by atoms with E-state index in [1.165, 1.54) is 6.26 Å². The van der Waals surface area contributed by atoms with Gasteiger partial charge in [-0.1, -0.05) is 6.07 Å². The van der Waals surface area contributed by atoms with Crippen molar-refractivity contribution in [1.82, 2.24) is 0 Å². The van der Waals surface area contributed by atoms with E-state index in [-0.39, 0.29) is 11.6 Å². The smallest absolute Gasteiger partial charge is 0.341 e. The Morgan fingerprint density at radius 1 is 1.19 bits per heavy atom. The van der Waals surface area contributed by atoms with E-state index in [1.807, 2.05) is 0 Å². The van der Waals surface area contributed by atoms with Gasteiger partial charge in [0.2, 0.25) is 0 Å². The molecule has 2 aromatic carbocycles. The van der Waals surface area contributed by atoms with E-state index >= 15 is 0 Å². The van der Waals surface area contributed by atoms with E-state index in [2.05, 4.69) is 5.32 Å². The molecule has 3 aromatic rings. The van der Waals surface area contributed by atoms with E-state index in [1.54, 1.807) is 42.5 Å². The van der Waals surface area contributed by atoms with Crippen molar-refractivity contribution in [2.24, 2.45) is 5.73 Å². The number of hydrogen-bond donors (Lipinski definition) is 4. The van der Waals surface area contributed by atoms with E-state index in [4.69, 9.17) is 25.4 Å². The lowest BCUT2D eigenvalue weighted by Gasteiger charge is -2.06. The van der Waals surface area contributed by atoms with Crippen LogP contribution in [-0.2, 0) is 4.79 Å². The van der Waals surface area contributed by atoms with Crippen LogP contribution < -0.4 is 15.8 Å². The second-order valence-electron chi connectivity index (χ2n) is 5.44. The normalized spacial score (nSPS) is 10.5. The molecule has 0 aliphatic rings. The molecule has 8 heteroatoms. The minimum absolute atomic E-state index is 0.0655. The molecule has 5 N–H and O–H groups in total. The SMILES string of the molecule is N=C(N)c1ccc2c(C(=O)Nc3ccc(OCC(=O)O)cc3)occ2c1. The first-order valence-corrected chi connectivity index (χ1v) is 7.55. The van der Waals surface area contributed by atoms with Gasteiger partial charge in [0.1, 0.15) is 11.6 Å². The van der Waals surface area contributed by atoms with Crippen molar-refractivity contribution in [3.63, 3.8) is 0 Å². The highest BCUT2D eigenvalue weighted by Crippen LogP contribution is 2.24. The fourth-order valence-corrected chi connectivity index (χ4v) is 2.36.